The van der Waals surface area contributed by atoms with Crippen molar-refractivity contribution in [2.24, 2.45) is 0 Å². The second kappa shape index (κ2) is 13.9. The second-order valence-electron chi connectivity index (χ2n) is 10.9. The number of amides is 1. The lowest BCUT2D eigenvalue weighted by atomic mass is 9.92. The summed E-state index contributed by atoms with van der Waals surface area (Å²) in [5.41, 5.74) is 3.02. The van der Waals surface area contributed by atoms with Crippen molar-refractivity contribution in [1.29, 1.82) is 0 Å². The van der Waals surface area contributed by atoms with Crippen molar-refractivity contribution in [2.75, 3.05) is 6.26 Å². The smallest absolute Gasteiger partial charge is 0.356 e. The summed E-state index contributed by atoms with van der Waals surface area (Å²) in [5, 5.41) is 16.7. The molecule has 230 valence electrons. The normalized spacial score (nSPS) is 16.8. The van der Waals surface area contributed by atoms with E-state index >= 15 is 0 Å². The van der Waals surface area contributed by atoms with Crippen LogP contribution >= 0.6 is 0 Å². The van der Waals surface area contributed by atoms with Crippen molar-refractivity contribution in [3.8, 4) is 17.0 Å². The summed E-state index contributed by atoms with van der Waals surface area (Å²) >= 11 is 0. The summed E-state index contributed by atoms with van der Waals surface area (Å²) in [7, 11) is -3.40. The highest BCUT2D eigenvalue weighted by atomic mass is 32.2. The van der Waals surface area contributed by atoms with Gasteiger partial charge in [-0.1, -0.05) is 79.6 Å². The van der Waals surface area contributed by atoms with Crippen LogP contribution in [-0.4, -0.2) is 53.6 Å². The number of ether oxygens (including phenoxy) is 2. The molecule has 11 heteroatoms. The molecule has 1 amide bonds. The van der Waals surface area contributed by atoms with Crippen molar-refractivity contribution >= 4 is 21.7 Å². The maximum atomic E-state index is 13.2. The number of hydrogen-bond donors (Lipinski definition) is 2. The lowest BCUT2D eigenvalue weighted by Crippen LogP contribution is -2.47. The van der Waals surface area contributed by atoms with Gasteiger partial charge in [-0.25, -0.2) is 17.9 Å². The molecule has 4 aromatic rings. The number of aromatic nitrogens is 2. The van der Waals surface area contributed by atoms with E-state index in [1.165, 1.54) is 10.7 Å². The summed E-state index contributed by atoms with van der Waals surface area (Å²) < 4.78 is 37.7. The standard InChI is InChI=1S/C33H35N3O7S/c1-44(40,41)26-14-9-13-24(18-26)27-15-6-5-12-25(27)22-43-32-19-29(33(38)39)35-36(32)20-31(37)34-28-16-7-8-17-30(28)42-21-23-10-3-2-4-11-23/h2-6,9-15,18-19,28,30H,7-8,16-17,20-22H2,1H3,(H,34,37)(H,38,39). The second-order valence-corrected chi connectivity index (χ2v) is 12.9. The fraction of sp³-hybridized carbons (Fsp3) is 0.303. The quantitative estimate of drug-likeness (QED) is 0.230. The van der Waals surface area contributed by atoms with Gasteiger partial charge >= 0.3 is 5.97 Å². The number of hydrogen-bond acceptors (Lipinski definition) is 7. The predicted molar refractivity (Wildman–Crippen MR) is 164 cm³/mol. The maximum absolute atomic E-state index is 13.2. The summed E-state index contributed by atoms with van der Waals surface area (Å²) in [4.78, 5) is 25.1. The van der Waals surface area contributed by atoms with Crippen LogP contribution in [0.15, 0.2) is 89.8 Å². The molecule has 44 heavy (non-hydrogen) atoms. The highest BCUT2D eigenvalue weighted by Gasteiger charge is 2.28. The van der Waals surface area contributed by atoms with E-state index in [0.717, 1.165) is 48.6 Å². The first-order valence-corrected chi connectivity index (χ1v) is 16.3. The van der Waals surface area contributed by atoms with Gasteiger partial charge in [0.05, 0.1) is 23.6 Å². The van der Waals surface area contributed by atoms with Crippen LogP contribution in [0.3, 0.4) is 0 Å². The van der Waals surface area contributed by atoms with Crippen LogP contribution in [-0.2, 0) is 39.1 Å². The third-order valence-corrected chi connectivity index (χ3v) is 8.69. The molecule has 1 heterocycles. The van der Waals surface area contributed by atoms with Gasteiger partial charge < -0.3 is 19.9 Å². The minimum Gasteiger partial charge on any atom is -0.476 e. The van der Waals surface area contributed by atoms with Crippen molar-refractivity contribution in [3.63, 3.8) is 0 Å². The Balaban J connectivity index is 1.28. The van der Waals surface area contributed by atoms with E-state index in [0.29, 0.717) is 12.2 Å². The Morgan fingerprint density at radius 3 is 2.48 bits per heavy atom. The summed E-state index contributed by atoms with van der Waals surface area (Å²) in [5.74, 6) is -1.44. The molecule has 0 aliphatic heterocycles. The summed E-state index contributed by atoms with van der Waals surface area (Å²) in [6.07, 6.45) is 4.64. The highest BCUT2D eigenvalue weighted by Crippen LogP contribution is 2.28. The molecule has 0 radical (unpaired) electrons. The largest absolute Gasteiger partial charge is 0.476 e. The number of benzene rings is 3. The van der Waals surface area contributed by atoms with E-state index in [-0.39, 0.29) is 47.7 Å². The Morgan fingerprint density at radius 1 is 0.955 bits per heavy atom. The first-order chi connectivity index (χ1) is 21.2. The van der Waals surface area contributed by atoms with Crippen LogP contribution in [0.2, 0.25) is 0 Å². The molecule has 1 saturated carbocycles. The van der Waals surface area contributed by atoms with Gasteiger partial charge in [0.2, 0.25) is 11.8 Å². The molecule has 0 spiro atoms. The molecule has 1 fully saturated rings. The number of nitrogens with zero attached hydrogens (tertiary/aromatic N) is 2. The van der Waals surface area contributed by atoms with E-state index in [2.05, 4.69) is 10.4 Å². The Hall–Kier alpha value is -4.48. The number of nitrogens with one attached hydrogen (secondary N) is 1. The first kappa shape index (κ1) is 31.0. The van der Waals surface area contributed by atoms with Gasteiger partial charge in [-0.15, -0.1) is 0 Å². The molecule has 2 unspecified atom stereocenters. The third kappa shape index (κ3) is 7.91. The number of aromatic carboxylic acids is 1. The summed E-state index contributed by atoms with van der Waals surface area (Å²) in [6, 6.07) is 25.0. The lowest BCUT2D eigenvalue weighted by Gasteiger charge is -2.32. The maximum Gasteiger partial charge on any atom is 0.356 e. The molecule has 2 N–H and O–H groups in total. The minimum atomic E-state index is -3.40. The molecule has 1 aromatic heterocycles. The average Bonchev–Trinajstić information content (AvgIpc) is 3.42. The summed E-state index contributed by atoms with van der Waals surface area (Å²) in [6.45, 7) is 0.253. The van der Waals surface area contributed by atoms with Gasteiger partial charge in [0, 0.05) is 12.3 Å². The Labute approximate surface area is 256 Å². The monoisotopic (exact) mass is 617 g/mol. The molecule has 5 rings (SSSR count). The van der Waals surface area contributed by atoms with Gasteiger partial charge in [-0.2, -0.15) is 5.10 Å². The van der Waals surface area contributed by atoms with Crippen LogP contribution in [0.4, 0.5) is 0 Å². The average molecular weight is 618 g/mol. The Bertz CT molecular complexity index is 1720. The SMILES string of the molecule is CS(=O)(=O)c1cccc(-c2ccccc2COc2cc(C(=O)O)nn2CC(=O)NC2CCCCC2OCc2ccccc2)c1. The number of sulfone groups is 1. The first-order valence-electron chi connectivity index (χ1n) is 14.4. The van der Waals surface area contributed by atoms with E-state index < -0.39 is 15.8 Å². The molecular weight excluding hydrogens is 582 g/mol. The molecular formula is C33H35N3O7S. The topological polar surface area (TPSA) is 137 Å². The predicted octanol–water partition coefficient (Wildman–Crippen LogP) is 4.88. The number of carbonyl (C=O) groups excluding carboxylic acids is 1. The molecule has 10 nitrogen and oxygen atoms in total. The number of carbonyl (C=O) groups is 2. The minimum absolute atomic E-state index is 0.0314. The fourth-order valence-corrected chi connectivity index (χ4v) is 6.00. The lowest BCUT2D eigenvalue weighted by molar-refractivity contribution is -0.124. The number of carboxylic acid groups (broad SMARTS) is 1. The van der Waals surface area contributed by atoms with Crippen LogP contribution < -0.4 is 10.1 Å². The molecule has 0 bridgehead atoms. The molecule has 3 aromatic carbocycles. The van der Waals surface area contributed by atoms with Crippen molar-refractivity contribution in [2.45, 2.75) is 62.5 Å². The third-order valence-electron chi connectivity index (χ3n) is 7.58. The zero-order valence-corrected chi connectivity index (χ0v) is 25.2. The van der Waals surface area contributed by atoms with Crippen LogP contribution in [0.5, 0.6) is 5.88 Å². The molecule has 1 aliphatic carbocycles. The van der Waals surface area contributed by atoms with Crippen LogP contribution in [0.25, 0.3) is 11.1 Å². The zero-order chi connectivity index (χ0) is 31.1. The molecule has 2 atom stereocenters. The Kier molecular flexibility index (Phi) is 9.76. The van der Waals surface area contributed by atoms with Gasteiger partial charge in [0.1, 0.15) is 13.2 Å². The van der Waals surface area contributed by atoms with Gasteiger partial charge in [0.25, 0.3) is 0 Å². The fourth-order valence-electron chi connectivity index (χ4n) is 5.33. The van der Waals surface area contributed by atoms with Gasteiger partial charge in [0.15, 0.2) is 15.5 Å². The number of carboxylic acids is 1. The highest BCUT2D eigenvalue weighted by molar-refractivity contribution is 7.90. The van der Waals surface area contributed by atoms with E-state index in [1.54, 1.807) is 18.2 Å². The zero-order valence-electron chi connectivity index (χ0n) is 24.4. The van der Waals surface area contributed by atoms with Crippen LogP contribution in [0.1, 0.15) is 47.3 Å². The molecule has 0 saturated heterocycles. The number of rotatable bonds is 12. The van der Waals surface area contributed by atoms with Gasteiger partial charge in [-0.3, -0.25) is 4.79 Å². The van der Waals surface area contributed by atoms with Crippen molar-refractivity contribution < 1.29 is 32.6 Å². The molecule has 1 aliphatic rings. The van der Waals surface area contributed by atoms with Crippen LogP contribution in [0, 0.1) is 0 Å². The van der Waals surface area contributed by atoms with E-state index in [1.807, 2.05) is 60.7 Å². The van der Waals surface area contributed by atoms with Crippen molar-refractivity contribution in [3.05, 3.63) is 102 Å². The van der Waals surface area contributed by atoms with E-state index in [4.69, 9.17) is 9.47 Å². The van der Waals surface area contributed by atoms with E-state index in [9.17, 15) is 23.1 Å². The van der Waals surface area contributed by atoms with Crippen molar-refractivity contribution in [1.82, 2.24) is 15.1 Å². The van der Waals surface area contributed by atoms with Gasteiger partial charge in [-0.05, 0) is 47.2 Å². The Morgan fingerprint density at radius 2 is 1.70 bits per heavy atom.